The van der Waals surface area contributed by atoms with Crippen LogP contribution in [0.15, 0.2) is 60.7 Å². The third kappa shape index (κ3) is 2.32. The van der Waals surface area contributed by atoms with Crippen LogP contribution in [0.3, 0.4) is 0 Å². The van der Waals surface area contributed by atoms with E-state index in [4.69, 9.17) is 0 Å². The van der Waals surface area contributed by atoms with Gasteiger partial charge in [0.15, 0.2) is 5.82 Å². The van der Waals surface area contributed by atoms with Crippen LogP contribution in [0.1, 0.15) is 11.4 Å². The number of rotatable bonds is 3. The predicted octanol–water partition coefficient (Wildman–Crippen LogP) is 3.44. The van der Waals surface area contributed by atoms with Gasteiger partial charge in [-0.1, -0.05) is 72.0 Å². The second kappa shape index (κ2) is 5.10. The van der Waals surface area contributed by atoms with E-state index in [0.29, 0.717) is 0 Å². The number of hydrogen-bond donors (Lipinski definition) is 0. The molecule has 0 atom stereocenters. The summed E-state index contributed by atoms with van der Waals surface area (Å²) in [6.07, 6.45) is 0.736. The lowest BCUT2D eigenvalue weighted by atomic mass is 10.1. The van der Waals surface area contributed by atoms with Crippen molar-refractivity contribution in [3.05, 3.63) is 72.1 Å². The molecule has 4 rings (SSSR count). The molecule has 2 heterocycles. The minimum Gasteiger partial charge on any atom is -0.187 e. The maximum absolute atomic E-state index is 4.65. The molecule has 0 spiro atoms. The van der Waals surface area contributed by atoms with Crippen molar-refractivity contribution in [3.8, 4) is 10.6 Å². The van der Waals surface area contributed by atoms with Crippen LogP contribution in [0.4, 0.5) is 0 Å². The standard InChI is InChI=1S/C16H12N4S/c1-3-7-12(8-4-1)11-14-17-18-16-20(14)19-15(21-16)13-9-5-2-6-10-13/h1-10H,11H2. The van der Waals surface area contributed by atoms with Crippen LogP contribution in [0.25, 0.3) is 15.5 Å². The second-order valence-corrected chi connectivity index (χ2v) is 5.70. The third-order valence-corrected chi connectivity index (χ3v) is 4.23. The molecule has 0 amide bonds. The Hall–Kier alpha value is -2.53. The molecular formula is C16H12N4S. The molecule has 0 radical (unpaired) electrons. The van der Waals surface area contributed by atoms with Crippen molar-refractivity contribution in [2.45, 2.75) is 6.42 Å². The van der Waals surface area contributed by atoms with E-state index in [1.165, 1.54) is 5.56 Å². The highest BCUT2D eigenvalue weighted by Crippen LogP contribution is 2.25. The van der Waals surface area contributed by atoms with Gasteiger partial charge in [-0.3, -0.25) is 0 Å². The lowest BCUT2D eigenvalue weighted by Crippen LogP contribution is -1.97. The van der Waals surface area contributed by atoms with E-state index < -0.39 is 0 Å². The minimum atomic E-state index is 0.736. The first-order valence-electron chi connectivity index (χ1n) is 6.70. The van der Waals surface area contributed by atoms with Crippen molar-refractivity contribution in [1.82, 2.24) is 19.8 Å². The largest absolute Gasteiger partial charge is 0.234 e. The number of hydrogen-bond acceptors (Lipinski definition) is 4. The Bertz CT molecular complexity index is 865. The van der Waals surface area contributed by atoms with E-state index in [9.17, 15) is 0 Å². The SMILES string of the molecule is c1ccc(Cc2nnc3sc(-c4ccccc4)nn23)cc1. The van der Waals surface area contributed by atoms with Crippen molar-refractivity contribution in [2.24, 2.45) is 0 Å². The molecule has 0 aliphatic rings. The molecule has 0 aliphatic carbocycles. The first-order valence-corrected chi connectivity index (χ1v) is 7.52. The smallest absolute Gasteiger partial charge is 0.187 e. The maximum Gasteiger partial charge on any atom is 0.234 e. The quantitative estimate of drug-likeness (QED) is 0.581. The Morgan fingerprint density at radius 3 is 2.33 bits per heavy atom. The van der Waals surface area contributed by atoms with Crippen LogP contribution in [-0.2, 0) is 6.42 Å². The third-order valence-electron chi connectivity index (χ3n) is 3.28. The monoisotopic (exact) mass is 292 g/mol. The number of nitrogens with zero attached hydrogens (tertiary/aromatic N) is 4. The van der Waals surface area contributed by atoms with Crippen LogP contribution in [-0.4, -0.2) is 19.8 Å². The van der Waals surface area contributed by atoms with Gasteiger partial charge in [-0.2, -0.15) is 9.61 Å². The molecule has 0 aliphatic heterocycles. The highest BCUT2D eigenvalue weighted by molar-refractivity contribution is 7.19. The molecular weight excluding hydrogens is 280 g/mol. The summed E-state index contributed by atoms with van der Waals surface area (Å²) in [7, 11) is 0. The molecule has 2 aromatic heterocycles. The van der Waals surface area contributed by atoms with Gasteiger partial charge < -0.3 is 0 Å². The van der Waals surface area contributed by atoms with Crippen LogP contribution in [0, 0.1) is 0 Å². The van der Waals surface area contributed by atoms with E-state index in [0.717, 1.165) is 27.8 Å². The maximum atomic E-state index is 4.65. The Labute approximate surface area is 125 Å². The van der Waals surface area contributed by atoms with Gasteiger partial charge in [0.1, 0.15) is 5.01 Å². The zero-order valence-electron chi connectivity index (χ0n) is 11.2. The van der Waals surface area contributed by atoms with Crippen LogP contribution >= 0.6 is 11.3 Å². The summed E-state index contributed by atoms with van der Waals surface area (Å²) < 4.78 is 1.85. The van der Waals surface area contributed by atoms with E-state index in [1.54, 1.807) is 11.3 Å². The zero-order valence-corrected chi connectivity index (χ0v) is 12.0. The topological polar surface area (TPSA) is 43.1 Å². The molecule has 0 saturated carbocycles. The molecule has 102 valence electrons. The second-order valence-electron chi connectivity index (χ2n) is 4.75. The molecule has 4 nitrogen and oxygen atoms in total. The Kier molecular flexibility index (Phi) is 2.97. The zero-order chi connectivity index (χ0) is 14.1. The van der Waals surface area contributed by atoms with Crippen molar-refractivity contribution >= 4 is 16.3 Å². The average molecular weight is 292 g/mol. The molecule has 0 bridgehead atoms. The molecule has 0 fully saturated rings. The number of benzene rings is 2. The summed E-state index contributed by atoms with van der Waals surface area (Å²) in [6.45, 7) is 0. The van der Waals surface area contributed by atoms with E-state index in [2.05, 4.69) is 39.6 Å². The van der Waals surface area contributed by atoms with Crippen LogP contribution in [0.5, 0.6) is 0 Å². The number of aromatic nitrogens is 4. The van der Waals surface area contributed by atoms with Crippen LogP contribution < -0.4 is 0 Å². The minimum absolute atomic E-state index is 0.736. The molecule has 0 N–H and O–H groups in total. The van der Waals surface area contributed by atoms with Crippen molar-refractivity contribution in [2.75, 3.05) is 0 Å². The van der Waals surface area contributed by atoms with E-state index >= 15 is 0 Å². The molecule has 21 heavy (non-hydrogen) atoms. The normalized spacial score (nSPS) is 11.0. The van der Waals surface area contributed by atoms with Crippen molar-refractivity contribution in [3.63, 3.8) is 0 Å². The molecule has 0 unspecified atom stereocenters. The predicted molar refractivity (Wildman–Crippen MR) is 83.3 cm³/mol. The molecule has 5 heteroatoms. The summed E-state index contributed by atoms with van der Waals surface area (Å²) >= 11 is 1.56. The average Bonchev–Trinajstić information content (AvgIpc) is 3.11. The highest BCUT2D eigenvalue weighted by atomic mass is 32.1. The Morgan fingerprint density at radius 1 is 0.857 bits per heavy atom. The van der Waals surface area contributed by atoms with Crippen molar-refractivity contribution in [1.29, 1.82) is 0 Å². The van der Waals surface area contributed by atoms with Gasteiger partial charge >= 0.3 is 0 Å². The summed E-state index contributed by atoms with van der Waals surface area (Å²) in [5, 5.41) is 14.1. The summed E-state index contributed by atoms with van der Waals surface area (Å²) in [6, 6.07) is 20.4. The van der Waals surface area contributed by atoms with Gasteiger partial charge in [-0.15, -0.1) is 10.2 Å². The first-order chi connectivity index (χ1) is 10.4. The van der Waals surface area contributed by atoms with Gasteiger partial charge in [0.05, 0.1) is 0 Å². The molecule has 4 aromatic rings. The first kappa shape index (κ1) is 12.2. The fraction of sp³-hybridized carbons (Fsp3) is 0.0625. The lowest BCUT2D eigenvalue weighted by Gasteiger charge is -1.97. The van der Waals surface area contributed by atoms with Crippen LogP contribution in [0.2, 0.25) is 0 Å². The van der Waals surface area contributed by atoms with E-state index in [1.807, 2.05) is 40.9 Å². The molecule has 0 saturated heterocycles. The fourth-order valence-electron chi connectivity index (χ4n) is 2.24. The summed E-state index contributed by atoms with van der Waals surface area (Å²) in [5.41, 5.74) is 2.32. The van der Waals surface area contributed by atoms with Gasteiger partial charge in [0.2, 0.25) is 4.96 Å². The lowest BCUT2D eigenvalue weighted by molar-refractivity contribution is 0.854. The van der Waals surface area contributed by atoms with Gasteiger partial charge in [-0.25, -0.2) is 0 Å². The van der Waals surface area contributed by atoms with Gasteiger partial charge in [0, 0.05) is 12.0 Å². The Balaban J connectivity index is 1.73. The fourth-order valence-corrected chi connectivity index (χ4v) is 3.11. The molecule has 2 aromatic carbocycles. The van der Waals surface area contributed by atoms with Gasteiger partial charge in [-0.05, 0) is 5.56 Å². The number of fused-ring (bicyclic) bond motifs is 1. The van der Waals surface area contributed by atoms with Gasteiger partial charge in [0.25, 0.3) is 0 Å². The summed E-state index contributed by atoms with van der Waals surface area (Å²) in [5.74, 6) is 0.870. The highest BCUT2D eigenvalue weighted by Gasteiger charge is 2.12. The van der Waals surface area contributed by atoms with E-state index in [-0.39, 0.29) is 0 Å². The van der Waals surface area contributed by atoms with Crippen molar-refractivity contribution < 1.29 is 0 Å². The summed E-state index contributed by atoms with van der Waals surface area (Å²) in [4.78, 5) is 0.833. The Morgan fingerprint density at radius 2 is 1.57 bits per heavy atom.